The maximum Gasteiger partial charge on any atom is 0.191 e. The summed E-state index contributed by atoms with van der Waals surface area (Å²) in [6.45, 7) is 14.1. The highest BCUT2D eigenvalue weighted by Crippen LogP contribution is 2.45. The molecule has 0 amide bonds. The van der Waals surface area contributed by atoms with Gasteiger partial charge in [-0.3, -0.25) is 0 Å². The average molecular weight is 389 g/mol. The van der Waals surface area contributed by atoms with Gasteiger partial charge in [-0.2, -0.15) is 0 Å². The van der Waals surface area contributed by atoms with E-state index in [0.717, 1.165) is 10.6 Å². The van der Waals surface area contributed by atoms with Crippen molar-refractivity contribution in [1.82, 2.24) is 0 Å². The number of rotatable bonds is 7. The van der Waals surface area contributed by atoms with Gasteiger partial charge in [-0.05, 0) is 24.1 Å². The molecule has 0 heterocycles. The Hall–Kier alpha value is -1.15. The lowest BCUT2D eigenvalue weighted by Gasteiger charge is -2.37. The van der Waals surface area contributed by atoms with Gasteiger partial charge in [0.05, 0.1) is 0 Å². The van der Waals surface area contributed by atoms with E-state index < -0.39 is 15.5 Å². The van der Waals surface area contributed by atoms with Crippen molar-refractivity contribution in [3.8, 4) is 0 Å². The van der Waals surface area contributed by atoms with E-state index >= 15 is 0 Å². The van der Waals surface area contributed by atoms with Crippen molar-refractivity contribution in [1.29, 1.82) is 0 Å². The third-order valence-corrected chi connectivity index (χ3v) is 13.4. The molecular formula is C22H33O2PSi. The van der Waals surface area contributed by atoms with Crippen molar-refractivity contribution in [2.45, 2.75) is 45.8 Å². The largest absolute Gasteiger partial charge is 0.417 e. The zero-order chi connectivity index (χ0) is 19.4. The first-order chi connectivity index (χ1) is 12.1. The Morgan fingerprint density at radius 3 is 1.73 bits per heavy atom. The van der Waals surface area contributed by atoms with Crippen molar-refractivity contribution in [3.63, 3.8) is 0 Å². The van der Waals surface area contributed by atoms with Gasteiger partial charge in [-0.15, -0.1) is 0 Å². The minimum absolute atomic E-state index is 0.190. The fourth-order valence-corrected chi connectivity index (χ4v) is 6.90. The minimum Gasteiger partial charge on any atom is -0.417 e. The van der Waals surface area contributed by atoms with E-state index in [1.165, 1.54) is 0 Å². The van der Waals surface area contributed by atoms with Gasteiger partial charge >= 0.3 is 0 Å². The van der Waals surface area contributed by atoms with Crippen LogP contribution in [0.4, 0.5) is 0 Å². The van der Waals surface area contributed by atoms with Gasteiger partial charge in [-0.1, -0.05) is 88.4 Å². The summed E-state index contributed by atoms with van der Waals surface area (Å²) < 4.78 is 20.5. The summed E-state index contributed by atoms with van der Waals surface area (Å²) in [6, 6.07) is 19.8. The molecule has 142 valence electrons. The van der Waals surface area contributed by atoms with E-state index in [1.807, 2.05) is 60.7 Å². The molecule has 0 fully saturated rings. The lowest BCUT2D eigenvalue weighted by atomic mass is 10.2. The lowest BCUT2D eigenvalue weighted by Crippen LogP contribution is -2.42. The smallest absolute Gasteiger partial charge is 0.191 e. The summed E-state index contributed by atoms with van der Waals surface area (Å²) >= 11 is 0. The van der Waals surface area contributed by atoms with Crippen LogP contribution >= 0.6 is 7.14 Å². The van der Waals surface area contributed by atoms with Gasteiger partial charge in [0.25, 0.3) is 0 Å². The van der Waals surface area contributed by atoms with Gasteiger partial charge in [0.15, 0.2) is 8.32 Å². The Morgan fingerprint density at radius 2 is 1.35 bits per heavy atom. The minimum atomic E-state index is -2.67. The highest BCUT2D eigenvalue weighted by Gasteiger charge is 2.38. The molecule has 0 spiro atoms. The molecule has 0 bridgehead atoms. The van der Waals surface area contributed by atoms with Gasteiger partial charge in [0, 0.05) is 23.4 Å². The molecule has 0 saturated heterocycles. The van der Waals surface area contributed by atoms with Crippen LogP contribution in [0.2, 0.25) is 18.1 Å². The van der Waals surface area contributed by atoms with E-state index in [2.05, 4.69) is 40.8 Å². The zero-order valence-corrected chi connectivity index (χ0v) is 18.9. The van der Waals surface area contributed by atoms with E-state index in [0.29, 0.717) is 12.8 Å². The van der Waals surface area contributed by atoms with Crippen LogP contribution in [0.1, 0.15) is 27.7 Å². The molecule has 0 N–H and O–H groups in total. The van der Waals surface area contributed by atoms with Gasteiger partial charge < -0.3 is 8.99 Å². The molecule has 0 saturated carbocycles. The third-order valence-electron chi connectivity index (χ3n) is 5.45. The summed E-state index contributed by atoms with van der Waals surface area (Å²) in [5.74, 6) is 0.232. The molecule has 1 unspecified atom stereocenters. The molecule has 0 aliphatic rings. The van der Waals surface area contributed by atoms with Crippen LogP contribution in [-0.2, 0) is 8.99 Å². The number of benzene rings is 2. The molecule has 2 nitrogen and oxygen atoms in total. The van der Waals surface area contributed by atoms with Crippen LogP contribution in [0.25, 0.3) is 0 Å². The molecule has 0 aliphatic carbocycles. The predicted molar refractivity (Wildman–Crippen MR) is 117 cm³/mol. The van der Waals surface area contributed by atoms with Crippen LogP contribution in [0.5, 0.6) is 0 Å². The summed E-state index contributed by atoms with van der Waals surface area (Å²) in [7, 11) is -4.46. The van der Waals surface area contributed by atoms with Crippen molar-refractivity contribution < 1.29 is 8.99 Å². The Labute approximate surface area is 160 Å². The summed E-state index contributed by atoms with van der Waals surface area (Å²) in [5, 5.41) is 2.06. The molecule has 1 atom stereocenters. The van der Waals surface area contributed by atoms with E-state index in [9.17, 15) is 4.57 Å². The van der Waals surface area contributed by atoms with E-state index in [1.54, 1.807) is 0 Å². The molecule has 2 aromatic carbocycles. The summed E-state index contributed by atoms with van der Waals surface area (Å²) in [6.07, 6.45) is 0.635. The van der Waals surface area contributed by atoms with Gasteiger partial charge in [-0.25, -0.2) is 0 Å². The van der Waals surface area contributed by atoms with Crippen LogP contribution in [0, 0.1) is 5.92 Å². The van der Waals surface area contributed by atoms with Gasteiger partial charge in [0.2, 0.25) is 0 Å². The maximum absolute atomic E-state index is 14.1. The normalized spacial score (nSPS) is 14.2. The molecule has 2 rings (SSSR count). The molecule has 26 heavy (non-hydrogen) atoms. The monoisotopic (exact) mass is 388 g/mol. The van der Waals surface area contributed by atoms with Crippen LogP contribution in [-0.4, -0.2) is 21.1 Å². The third kappa shape index (κ3) is 4.97. The molecular weight excluding hydrogens is 355 g/mol. The summed E-state index contributed by atoms with van der Waals surface area (Å²) in [5.41, 5.74) is 0. The van der Waals surface area contributed by atoms with Gasteiger partial charge in [0.1, 0.15) is 7.14 Å². The first kappa shape index (κ1) is 21.2. The number of hydrogen-bond donors (Lipinski definition) is 0. The second kappa shape index (κ2) is 8.25. The Morgan fingerprint density at radius 1 is 0.923 bits per heavy atom. The molecule has 0 radical (unpaired) electrons. The van der Waals surface area contributed by atoms with Crippen molar-refractivity contribution in [2.75, 3.05) is 12.8 Å². The lowest BCUT2D eigenvalue weighted by molar-refractivity contribution is 0.248. The van der Waals surface area contributed by atoms with Crippen molar-refractivity contribution in [2.24, 2.45) is 5.92 Å². The highest BCUT2D eigenvalue weighted by molar-refractivity contribution is 7.78. The van der Waals surface area contributed by atoms with Crippen LogP contribution in [0.3, 0.4) is 0 Å². The highest BCUT2D eigenvalue weighted by atomic mass is 31.2. The Bertz CT molecular complexity index is 692. The number of hydrogen-bond acceptors (Lipinski definition) is 2. The Kier molecular flexibility index (Phi) is 6.71. The SMILES string of the molecule is CC(CO[Si](C)(C)C(C)(C)C)CP(=O)(c1ccccc1)c1ccccc1. The fourth-order valence-electron chi connectivity index (χ4n) is 2.76. The quantitative estimate of drug-likeness (QED) is 0.452. The van der Waals surface area contributed by atoms with Crippen LogP contribution < -0.4 is 10.6 Å². The predicted octanol–water partition coefficient (Wildman–Crippen LogP) is 5.66. The second-order valence-electron chi connectivity index (χ2n) is 8.77. The Balaban J connectivity index is 2.22. The zero-order valence-electron chi connectivity index (χ0n) is 17.0. The van der Waals surface area contributed by atoms with Crippen molar-refractivity contribution >= 4 is 26.1 Å². The van der Waals surface area contributed by atoms with Crippen LogP contribution in [0.15, 0.2) is 60.7 Å². The van der Waals surface area contributed by atoms with Crippen molar-refractivity contribution in [3.05, 3.63) is 60.7 Å². The molecule has 2 aromatic rings. The maximum atomic E-state index is 14.1. The van der Waals surface area contributed by atoms with E-state index in [4.69, 9.17) is 4.43 Å². The average Bonchev–Trinajstić information content (AvgIpc) is 2.60. The molecule has 0 aliphatic heterocycles. The fraction of sp³-hybridized carbons (Fsp3) is 0.455. The standard InChI is InChI=1S/C22H33O2PSi/c1-19(17-24-26(5,6)22(2,3)4)18-25(23,20-13-9-7-10-14-20)21-15-11-8-12-16-21/h7-16,19H,17-18H2,1-6H3. The first-order valence-corrected chi connectivity index (χ1v) is 14.2. The molecule has 4 heteroatoms. The van der Waals surface area contributed by atoms with E-state index in [-0.39, 0.29) is 11.0 Å². The second-order valence-corrected chi connectivity index (χ2v) is 16.5. The summed E-state index contributed by atoms with van der Waals surface area (Å²) in [4.78, 5) is 0. The topological polar surface area (TPSA) is 26.3 Å². The molecule has 0 aromatic heterocycles. The first-order valence-electron chi connectivity index (χ1n) is 9.40.